The highest BCUT2D eigenvalue weighted by atomic mass is 16.7. The summed E-state index contributed by atoms with van der Waals surface area (Å²) in [6.07, 6.45) is 59.0. The fourth-order valence-electron chi connectivity index (χ4n) is 7.67. The summed E-state index contributed by atoms with van der Waals surface area (Å²) in [7, 11) is 0. The van der Waals surface area contributed by atoms with Crippen molar-refractivity contribution in [2.75, 3.05) is 13.2 Å². The van der Waals surface area contributed by atoms with Crippen LogP contribution in [0.4, 0.5) is 0 Å². The van der Waals surface area contributed by atoms with Crippen molar-refractivity contribution < 1.29 is 39.8 Å². The van der Waals surface area contributed by atoms with Crippen molar-refractivity contribution in [3.8, 4) is 0 Å². The van der Waals surface area contributed by atoms with E-state index in [1.807, 2.05) is 6.08 Å². The topological polar surface area (TPSA) is 149 Å². The molecule has 1 aliphatic heterocycles. The van der Waals surface area contributed by atoms with E-state index in [2.05, 4.69) is 104 Å². The Bertz CT molecular complexity index is 1350. The van der Waals surface area contributed by atoms with Gasteiger partial charge >= 0.3 is 0 Å². The van der Waals surface area contributed by atoms with Gasteiger partial charge in [0, 0.05) is 6.42 Å². The van der Waals surface area contributed by atoms with Crippen molar-refractivity contribution in [1.82, 2.24) is 5.32 Å². The monoisotopic (exact) mass is 924 g/mol. The maximum atomic E-state index is 13.0. The first-order valence-electron chi connectivity index (χ1n) is 26.5. The Kier molecular flexibility index (Phi) is 42.5. The van der Waals surface area contributed by atoms with E-state index in [0.29, 0.717) is 6.42 Å². The second kappa shape index (κ2) is 45.9. The molecule has 378 valence electrons. The smallest absolute Gasteiger partial charge is 0.220 e. The Hall–Kier alpha value is -2.89. The highest BCUT2D eigenvalue weighted by molar-refractivity contribution is 5.76. The van der Waals surface area contributed by atoms with Crippen LogP contribution in [-0.2, 0) is 14.3 Å². The van der Waals surface area contributed by atoms with Crippen molar-refractivity contribution >= 4 is 5.91 Å². The molecule has 0 aromatic carbocycles. The molecule has 0 aromatic rings. The molecule has 0 saturated carbocycles. The third-order valence-corrected chi connectivity index (χ3v) is 11.9. The Morgan fingerprint density at radius 1 is 0.530 bits per heavy atom. The number of hydrogen-bond acceptors (Lipinski definition) is 8. The summed E-state index contributed by atoms with van der Waals surface area (Å²) in [5, 5.41) is 54.2. The van der Waals surface area contributed by atoms with Crippen LogP contribution in [0.2, 0.25) is 0 Å². The summed E-state index contributed by atoms with van der Waals surface area (Å²) < 4.78 is 11.2. The molecule has 1 rings (SSSR count). The predicted octanol–water partition coefficient (Wildman–Crippen LogP) is 12.5. The van der Waals surface area contributed by atoms with E-state index in [1.54, 1.807) is 6.08 Å². The largest absolute Gasteiger partial charge is 0.394 e. The number of carbonyl (C=O) groups is 1. The van der Waals surface area contributed by atoms with Crippen LogP contribution >= 0.6 is 0 Å². The van der Waals surface area contributed by atoms with Crippen LogP contribution in [0.15, 0.2) is 97.2 Å². The number of nitrogens with one attached hydrogen (secondary N) is 1. The predicted molar refractivity (Wildman–Crippen MR) is 276 cm³/mol. The van der Waals surface area contributed by atoms with Crippen molar-refractivity contribution in [3.63, 3.8) is 0 Å². The molecule has 0 radical (unpaired) electrons. The number of allylic oxidation sites excluding steroid dienone is 15. The number of unbranched alkanes of at least 4 members (excludes halogenated alkanes) is 19. The maximum absolute atomic E-state index is 13.0. The molecule has 0 aliphatic carbocycles. The lowest BCUT2D eigenvalue weighted by atomic mass is 9.99. The quantitative estimate of drug-likeness (QED) is 0.0262. The Balaban J connectivity index is 2.18. The molecule has 1 aliphatic rings. The molecule has 0 bridgehead atoms. The maximum Gasteiger partial charge on any atom is 0.220 e. The molecule has 0 spiro atoms. The van der Waals surface area contributed by atoms with Gasteiger partial charge in [-0.2, -0.15) is 0 Å². The Morgan fingerprint density at radius 2 is 0.955 bits per heavy atom. The molecule has 7 atom stereocenters. The van der Waals surface area contributed by atoms with Gasteiger partial charge in [-0.1, -0.05) is 207 Å². The second-order valence-corrected chi connectivity index (χ2v) is 17.9. The molecule has 1 saturated heterocycles. The van der Waals surface area contributed by atoms with E-state index < -0.39 is 49.5 Å². The van der Waals surface area contributed by atoms with Gasteiger partial charge in [-0.3, -0.25) is 4.79 Å². The minimum atomic E-state index is -1.58. The molecular weight excluding hydrogens is 827 g/mol. The van der Waals surface area contributed by atoms with Crippen LogP contribution in [0.3, 0.4) is 0 Å². The van der Waals surface area contributed by atoms with Gasteiger partial charge in [-0.15, -0.1) is 0 Å². The fraction of sp³-hybridized carbons (Fsp3) is 0.702. The lowest BCUT2D eigenvalue weighted by molar-refractivity contribution is -0.302. The minimum Gasteiger partial charge on any atom is -0.394 e. The van der Waals surface area contributed by atoms with Gasteiger partial charge in [-0.25, -0.2) is 0 Å². The molecule has 1 amide bonds. The third kappa shape index (κ3) is 35.3. The first-order chi connectivity index (χ1) is 32.3. The molecule has 9 heteroatoms. The van der Waals surface area contributed by atoms with E-state index >= 15 is 0 Å². The number of hydrogen-bond donors (Lipinski definition) is 6. The number of carbonyl (C=O) groups excluding carboxylic acids is 1. The van der Waals surface area contributed by atoms with Crippen LogP contribution in [0.25, 0.3) is 0 Å². The van der Waals surface area contributed by atoms with Gasteiger partial charge in [0.1, 0.15) is 24.4 Å². The molecule has 0 aromatic heterocycles. The standard InChI is InChI=1S/C57H97NO8/c1-3-5-7-9-11-13-15-17-18-19-20-21-22-23-24-25-26-27-28-29-30-31-32-33-34-35-37-39-41-43-45-47-53(61)58-50(49-65-57-56(64)55(63)54(62)52(48-59)66-57)51(60)46-44-42-40-38-36-16-14-12-10-8-6-4-2/h5,7,10-13,17-18,20-21,23-24,36,38,44,46,50-52,54-57,59-60,62-64H,3-4,6,8-9,14-16,19,22,25-35,37,39-43,45,47-49H2,1-2H3,(H,58,61)/b7-5-,12-10+,13-11-,18-17-,21-20-,24-23-,38-36+,46-44+. The van der Waals surface area contributed by atoms with Crippen molar-refractivity contribution in [2.45, 2.75) is 243 Å². The molecule has 1 fully saturated rings. The van der Waals surface area contributed by atoms with Crippen LogP contribution < -0.4 is 5.32 Å². The number of aliphatic hydroxyl groups excluding tert-OH is 5. The third-order valence-electron chi connectivity index (χ3n) is 11.9. The zero-order chi connectivity index (χ0) is 48.0. The average molecular weight is 924 g/mol. The summed E-state index contributed by atoms with van der Waals surface area (Å²) in [6, 6.07) is -0.832. The van der Waals surface area contributed by atoms with Gasteiger partial charge in [-0.05, 0) is 83.5 Å². The van der Waals surface area contributed by atoms with Crippen molar-refractivity contribution in [1.29, 1.82) is 0 Å². The van der Waals surface area contributed by atoms with Gasteiger partial charge in [0.2, 0.25) is 5.91 Å². The molecular formula is C57H97NO8. The van der Waals surface area contributed by atoms with Crippen LogP contribution in [0.5, 0.6) is 0 Å². The first kappa shape index (κ1) is 61.1. The zero-order valence-electron chi connectivity index (χ0n) is 41.7. The van der Waals surface area contributed by atoms with Crippen LogP contribution in [-0.4, -0.2) is 87.5 Å². The summed E-state index contributed by atoms with van der Waals surface area (Å²) in [5.41, 5.74) is 0. The van der Waals surface area contributed by atoms with Crippen molar-refractivity contribution in [2.24, 2.45) is 0 Å². The molecule has 1 heterocycles. The SMILES string of the molecule is CC/C=C\C/C=C\C/C=C\C/C=C\C/C=C\CCCCCCCCCCCCCCCCCC(=O)NC(COC1OC(CO)C(O)C(O)C1O)C(O)/C=C/CC/C=C/CC/C=C/CCCC. The highest BCUT2D eigenvalue weighted by Crippen LogP contribution is 2.22. The van der Waals surface area contributed by atoms with Gasteiger partial charge < -0.3 is 40.3 Å². The zero-order valence-corrected chi connectivity index (χ0v) is 41.7. The van der Waals surface area contributed by atoms with E-state index in [-0.39, 0.29) is 12.5 Å². The van der Waals surface area contributed by atoms with E-state index in [0.717, 1.165) is 83.5 Å². The first-order valence-corrected chi connectivity index (χ1v) is 26.5. The van der Waals surface area contributed by atoms with E-state index in [4.69, 9.17) is 9.47 Å². The molecule has 66 heavy (non-hydrogen) atoms. The number of amides is 1. The molecule has 9 nitrogen and oxygen atoms in total. The highest BCUT2D eigenvalue weighted by Gasteiger charge is 2.44. The van der Waals surface area contributed by atoms with E-state index in [9.17, 15) is 30.3 Å². The van der Waals surface area contributed by atoms with Gasteiger partial charge in [0.05, 0.1) is 25.4 Å². The lowest BCUT2D eigenvalue weighted by Crippen LogP contribution is -2.60. The Morgan fingerprint density at radius 3 is 1.45 bits per heavy atom. The van der Waals surface area contributed by atoms with Crippen LogP contribution in [0, 0.1) is 0 Å². The fourth-order valence-corrected chi connectivity index (χ4v) is 7.67. The minimum absolute atomic E-state index is 0.196. The molecule has 7 unspecified atom stereocenters. The van der Waals surface area contributed by atoms with Crippen molar-refractivity contribution in [3.05, 3.63) is 97.2 Å². The Labute approximate surface area is 403 Å². The van der Waals surface area contributed by atoms with E-state index in [1.165, 1.54) is 96.3 Å². The van der Waals surface area contributed by atoms with Crippen LogP contribution in [0.1, 0.15) is 200 Å². The number of rotatable bonds is 43. The number of ether oxygens (including phenoxy) is 2. The molecule has 6 N–H and O–H groups in total. The van der Waals surface area contributed by atoms with Gasteiger partial charge in [0.25, 0.3) is 0 Å². The van der Waals surface area contributed by atoms with Gasteiger partial charge in [0.15, 0.2) is 6.29 Å². The summed E-state index contributed by atoms with van der Waals surface area (Å²) in [5.74, 6) is -0.196. The summed E-state index contributed by atoms with van der Waals surface area (Å²) in [4.78, 5) is 13.0. The normalized spacial score (nSPS) is 20.6. The average Bonchev–Trinajstić information content (AvgIpc) is 3.32. The second-order valence-electron chi connectivity index (χ2n) is 17.9. The summed E-state index contributed by atoms with van der Waals surface area (Å²) in [6.45, 7) is 3.58. The number of aliphatic hydroxyl groups is 5. The lowest BCUT2D eigenvalue weighted by Gasteiger charge is -2.40. The summed E-state index contributed by atoms with van der Waals surface area (Å²) >= 11 is 0.